The number of aliphatic hydroxyl groups excluding tert-OH is 1. The Morgan fingerprint density at radius 1 is 1.10 bits per heavy atom. The van der Waals surface area contributed by atoms with Gasteiger partial charge in [0.1, 0.15) is 5.82 Å². The monoisotopic (exact) mass is 301 g/mol. The molecule has 0 aliphatic carbocycles. The Kier molecular flexibility index (Phi) is 3.86. The standard InChI is InChI=1S/C17H13ClFNO/c18-15-10-20-8-7-11(15)9-17(21)14-5-6-16(19)13-4-2-1-3-12(13)14/h1-8,10,17,21H,9H2. The third-order valence-electron chi connectivity index (χ3n) is 3.53. The summed E-state index contributed by atoms with van der Waals surface area (Å²) in [6.07, 6.45) is 2.79. The molecule has 3 aromatic rings. The molecule has 1 unspecified atom stereocenters. The third kappa shape index (κ3) is 2.75. The van der Waals surface area contributed by atoms with Gasteiger partial charge in [0.05, 0.1) is 11.1 Å². The van der Waals surface area contributed by atoms with E-state index in [0.717, 1.165) is 10.9 Å². The number of hydrogen-bond donors (Lipinski definition) is 1. The molecular formula is C17H13ClFNO. The zero-order chi connectivity index (χ0) is 14.8. The summed E-state index contributed by atoms with van der Waals surface area (Å²) in [6, 6.07) is 11.9. The number of hydrogen-bond acceptors (Lipinski definition) is 2. The van der Waals surface area contributed by atoms with Crippen molar-refractivity contribution in [3.63, 3.8) is 0 Å². The lowest BCUT2D eigenvalue weighted by Gasteiger charge is -2.15. The lowest BCUT2D eigenvalue weighted by atomic mass is 9.96. The maximum Gasteiger partial charge on any atom is 0.131 e. The summed E-state index contributed by atoms with van der Waals surface area (Å²) >= 11 is 6.07. The summed E-state index contributed by atoms with van der Waals surface area (Å²) in [4.78, 5) is 3.92. The van der Waals surface area contributed by atoms with Gasteiger partial charge in [-0.25, -0.2) is 4.39 Å². The number of aromatic nitrogens is 1. The van der Waals surface area contributed by atoms with Crippen LogP contribution in [0.4, 0.5) is 4.39 Å². The van der Waals surface area contributed by atoms with E-state index in [4.69, 9.17) is 11.6 Å². The Hall–Kier alpha value is -1.97. The number of nitrogens with zero attached hydrogens (tertiary/aromatic N) is 1. The van der Waals surface area contributed by atoms with Crippen molar-refractivity contribution in [1.82, 2.24) is 4.98 Å². The van der Waals surface area contributed by atoms with E-state index in [1.165, 1.54) is 6.07 Å². The van der Waals surface area contributed by atoms with E-state index < -0.39 is 6.10 Å². The molecule has 2 aromatic carbocycles. The number of rotatable bonds is 3. The van der Waals surface area contributed by atoms with E-state index in [2.05, 4.69) is 4.98 Å². The highest BCUT2D eigenvalue weighted by Crippen LogP contribution is 2.29. The van der Waals surface area contributed by atoms with Crippen LogP contribution >= 0.6 is 11.6 Å². The largest absolute Gasteiger partial charge is 0.388 e. The van der Waals surface area contributed by atoms with E-state index in [1.54, 1.807) is 36.7 Å². The smallest absolute Gasteiger partial charge is 0.131 e. The van der Waals surface area contributed by atoms with Gasteiger partial charge in [-0.15, -0.1) is 0 Å². The van der Waals surface area contributed by atoms with Crippen molar-refractivity contribution in [2.45, 2.75) is 12.5 Å². The number of aliphatic hydroxyl groups is 1. The molecule has 0 fully saturated rings. The number of benzene rings is 2. The molecular weight excluding hydrogens is 289 g/mol. The maximum absolute atomic E-state index is 13.8. The highest BCUT2D eigenvalue weighted by molar-refractivity contribution is 6.31. The molecule has 0 saturated heterocycles. The van der Waals surface area contributed by atoms with Crippen molar-refractivity contribution in [3.8, 4) is 0 Å². The Morgan fingerprint density at radius 3 is 2.62 bits per heavy atom. The molecule has 0 bridgehead atoms. The molecule has 2 nitrogen and oxygen atoms in total. The molecule has 1 aromatic heterocycles. The van der Waals surface area contributed by atoms with Crippen LogP contribution in [0.25, 0.3) is 10.8 Å². The van der Waals surface area contributed by atoms with Crippen LogP contribution in [0, 0.1) is 5.82 Å². The van der Waals surface area contributed by atoms with Crippen molar-refractivity contribution in [2.24, 2.45) is 0 Å². The predicted molar refractivity (Wildman–Crippen MR) is 81.8 cm³/mol. The highest BCUT2D eigenvalue weighted by Gasteiger charge is 2.15. The van der Waals surface area contributed by atoms with Crippen molar-refractivity contribution in [2.75, 3.05) is 0 Å². The minimum atomic E-state index is -0.754. The van der Waals surface area contributed by atoms with Gasteiger partial charge >= 0.3 is 0 Å². The normalized spacial score (nSPS) is 12.5. The first kappa shape index (κ1) is 14.0. The average Bonchev–Trinajstić information content (AvgIpc) is 2.50. The fourth-order valence-corrected chi connectivity index (χ4v) is 2.66. The maximum atomic E-state index is 13.8. The Bertz CT molecular complexity index is 791. The zero-order valence-corrected chi connectivity index (χ0v) is 11.9. The highest BCUT2D eigenvalue weighted by atomic mass is 35.5. The van der Waals surface area contributed by atoms with Gasteiger partial charge in [0.25, 0.3) is 0 Å². The van der Waals surface area contributed by atoms with Gasteiger partial charge in [-0.1, -0.05) is 41.9 Å². The Morgan fingerprint density at radius 2 is 1.86 bits per heavy atom. The van der Waals surface area contributed by atoms with Crippen molar-refractivity contribution in [1.29, 1.82) is 0 Å². The lowest BCUT2D eigenvalue weighted by molar-refractivity contribution is 0.180. The topological polar surface area (TPSA) is 33.1 Å². The van der Waals surface area contributed by atoms with Crippen LogP contribution in [0.2, 0.25) is 5.02 Å². The Labute approximate surface area is 126 Å². The first-order chi connectivity index (χ1) is 10.2. The van der Waals surface area contributed by atoms with Crippen LogP contribution in [0.1, 0.15) is 17.2 Å². The second-order valence-corrected chi connectivity index (χ2v) is 5.28. The quantitative estimate of drug-likeness (QED) is 0.782. The van der Waals surface area contributed by atoms with Crippen LogP contribution in [0.3, 0.4) is 0 Å². The van der Waals surface area contributed by atoms with E-state index in [-0.39, 0.29) is 5.82 Å². The molecule has 3 rings (SSSR count). The van der Waals surface area contributed by atoms with Crippen LogP contribution in [-0.4, -0.2) is 10.1 Å². The number of halogens is 2. The average molecular weight is 302 g/mol. The zero-order valence-electron chi connectivity index (χ0n) is 11.1. The second-order valence-electron chi connectivity index (χ2n) is 4.87. The third-order valence-corrected chi connectivity index (χ3v) is 3.87. The van der Waals surface area contributed by atoms with Crippen LogP contribution in [-0.2, 0) is 6.42 Å². The first-order valence-electron chi connectivity index (χ1n) is 6.60. The van der Waals surface area contributed by atoms with Crippen LogP contribution < -0.4 is 0 Å². The Balaban J connectivity index is 2.01. The predicted octanol–water partition coefficient (Wildman–Crippen LogP) is 4.30. The van der Waals surface area contributed by atoms with Crippen molar-refractivity contribution in [3.05, 3.63) is 76.8 Å². The molecule has 0 spiro atoms. The molecule has 106 valence electrons. The number of fused-ring (bicyclic) bond motifs is 1. The fourth-order valence-electron chi connectivity index (χ4n) is 2.46. The molecule has 0 amide bonds. The summed E-state index contributed by atoms with van der Waals surface area (Å²) in [5.74, 6) is -0.288. The SMILES string of the molecule is OC(Cc1ccncc1Cl)c1ccc(F)c2ccccc12. The summed E-state index contributed by atoms with van der Waals surface area (Å²) < 4.78 is 13.8. The van der Waals surface area contributed by atoms with Gasteiger partial charge in [-0.2, -0.15) is 0 Å². The molecule has 0 saturated carbocycles. The van der Waals surface area contributed by atoms with E-state index in [0.29, 0.717) is 22.4 Å². The van der Waals surface area contributed by atoms with Gasteiger partial charge in [0.15, 0.2) is 0 Å². The first-order valence-corrected chi connectivity index (χ1v) is 6.98. The molecule has 1 atom stereocenters. The van der Waals surface area contributed by atoms with Gasteiger partial charge in [0.2, 0.25) is 0 Å². The van der Waals surface area contributed by atoms with Gasteiger partial charge < -0.3 is 5.11 Å². The van der Waals surface area contributed by atoms with Crippen molar-refractivity contribution < 1.29 is 9.50 Å². The minimum absolute atomic E-state index is 0.288. The van der Waals surface area contributed by atoms with Gasteiger partial charge in [-0.05, 0) is 28.6 Å². The summed E-state index contributed by atoms with van der Waals surface area (Å²) in [7, 11) is 0. The molecule has 1 N–H and O–H groups in total. The molecule has 0 aliphatic heterocycles. The van der Waals surface area contributed by atoms with E-state index >= 15 is 0 Å². The van der Waals surface area contributed by atoms with Crippen LogP contribution in [0.5, 0.6) is 0 Å². The summed E-state index contributed by atoms with van der Waals surface area (Å²) in [6.45, 7) is 0. The van der Waals surface area contributed by atoms with Gasteiger partial charge in [-0.3, -0.25) is 4.98 Å². The lowest BCUT2D eigenvalue weighted by Crippen LogP contribution is -2.04. The van der Waals surface area contributed by atoms with E-state index in [1.807, 2.05) is 12.1 Å². The molecule has 21 heavy (non-hydrogen) atoms. The molecule has 0 aliphatic rings. The van der Waals surface area contributed by atoms with Crippen molar-refractivity contribution >= 4 is 22.4 Å². The second kappa shape index (κ2) is 5.80. The van der Waals surface area contributed by atoms with Crippen LogP contribution in [0.15, 0.2) is 54.9 Å². The summed E-state index contributed by atoms with van der Waals surface area (Å²) in [5, 5.41) is 12.2. The summed E-state index contributed by atoms with van der Waals surface area (Å²) in [5.41, 5.74) is 1.51. The van der Waals surface area contributed by atoms with E-state index in [9.17, 15) is 9.50 Å². The number of pyridine rings is 1. The molecule has 0 radical (unpaired) electrons. The van der Waals surface area contributed by atoms with Gasteiger partial charge in [0, 0.05) is 24.2 Å². The molecule has 4 heteroatoms. The minimum Gasteiger partial charge on any atom is -0.388 e. The fraction of sp³-hybridized carbons (Fsp3) is 0.118. The molecule has 1 heterocycles.